The van der Waals surface area contributed by atoms with E-state index in [1.165, 1.54) is 12.1 Å². The fourth-order valence-corrected chi connectivity index (χ4v) is 2.70. The number of piperidine rings is 1. The van der Waals surface area contributed by atoms with Gasteiger partial charge in [0.2, 0.25) is 5.91 Å². The van der Waals surface area contributed by atoms with Crippen molar-refractivity contribution >= 4 is 23.1 Å². The van der Waals surface area contributed by atoms with Crippen molar-refractivity contribution in [3.05, 3.63) is 35.6 Å². The van der Waals surface area contributed by atoms with Crippen LogP contribution in [0.25, 0.3) is 0 Å². The van der Waals surface area contributed by atoms with Gasteiger partial charge in [-0.05, 0) is 30.5 Å². The molecule has 3 N–H and O–H groups in total. The average molecular weight is 309 g/mol. The largest absolute Gasteiger partial charge is 0.392 e. The number of hydrogen-bond acceptors (Lipinski definition) is 3. The Morgan fingerprint density at radius 3 is 2.52 bits per heavy atom. The number of nitrogens with one attached hydrogen (secondary N) is 1. The van der Waals surface area contributed by atoms with E-state index in [1.807, 2.05) is 0 Å². The van der Waals surface area contributed by atoms with Gasteiger partial charge >= 0.3 is 0 Å². The first-order valence-corrected chi connectivity index (χ1v) is 7.48. The van der Waals surface area contributed by atoms with Crippen molar-refractivity contribution in [2.24, 2.45) is 5.73 Å². The first-order valence-electron chi connectivity index (χ1n) is 7.07. The quantitative estimate of drug-likeness (QED) is 0.804. The SMILES string of the molecule is NC(=S)CN1CCC(NC(=O)Cc2ccc(F)cc2)CC1. The Morgan fingerprint density at radius 2 is 1.95 bits per heavy atom. The van der Waals surface area contributed by atoms with Gasteiger partial charge in [-0.25, -0.2) is 4.39 Å². The number of likely N-dealkylation sites (tertiary alicyclic amines) is 1. The molecule has 0 unspecified atom stereocenters. The summed E-state index contributed by atoms with van der Waals surface area (Å²) in [6.45, 7) is 2.42. The Balaban J connectivity index is 1.74. The molecule has 4 nitrogen and oxygen atoms in total. The molecule has 21 heavy (non-hydrogen) atoms. The molecule has 0 radical (unpaired) electrons. The van der Waals surface area contributed by atoms with Crippen LogP contribution in [0.15, 0.2) is 24.3 Å². The second kappa shape index (κ2) is 7.47. The normalized spacial score (nSPS) is 16.6. The molecule has 114 valence electrons. The minimum Gasteiger partial charge on any atom is -0.392 e. The van der Waals surface area contributed by atoms with Crippen LogP contribution in [-0.2, 0) is 11.2 Å². The van der Waals surface area contributed by atoms with E-state index in [0.29, 0.717) is 11.5 Å². The molecule has 1 aliphatic rings. The zero-order chi connectivity index (χ0) is 15.2. The van der Waals surface area contributed by atoms with Gasteiger partial charge in [0, 0.05) is 25.7 Å². The first-order chi connectivity index (χ1) is 10.0. The molecule has 1 saturated heterocycles. The van der Waals surface area contributed by atoms with Gasteiger partial charge < -0.3 is 11.1 Å². The molecule has 0 saturated carbocycles. The molecular weight excluding hydrogens is 289 g/mol. The molecule has 1 amide bonds. The van der Waals surface area contributed by atoms with Crippen molar-refractivity contribution in [1.82, 2.24) is 10.2 Å². The van der Waals surface area contributed by atoms with Gasteiger partial charge in [-0.1, -0.05) is 24.4 Å². The second-order valence-electron chi connectivity index (χ2n) is 5.39. The number of nitrogens with zero attached hydrogens (tertiary/aromatic N) is 1. The summed E-state index contributed by atoms with van der Waals surface area (Å²) in [5.41, 5.74) is 6.35. The van der Waals surface area contributed by atoms with Crippen LogP contribution in [0.4, 0.5) is 4.39 Å². The van der Waals surface area contributed by atoms with E-state index < -0.39 is 0 Å². The smallest absolute Gasteiger partial charge is 0.224 e. The number of nitrogens with two attached hydrogens (primary N) is 1. The van der Waals surface area contributed by atoms with Crippen molar-refractivity contribution in [3.63, 3.8) is 0 Å². The molecule has 1 aromatic carbocycles. The van der Waals surface area contributed by atoms with Gasteiger partial charge in [0.1, 0.15) is 5.82 Å². The summed E-state index contributed by atoms with van der Waals surface area (Å²) >= 11 is 4.90. The molecule has 0 aromatic heterocycles. The standard InChI is InChI=1S/C15H20FN3OS/c16-12-3-1-11(2-4-12)9-15(20)18-13-5-7-19(8-6-13)10-14(17)21/h1-4,13H,5-10H2,(H2,17,21)(H,18,20). The van der Waals surface area contributed by atoms with Crippen molar-refractivity contribution in [1.29, 1.82) is 0 Å². The number of amides is 1. The van der Waals surface area contributed by atoms with Gasteiger partial charge in [-0.15, -0.1) is 0 Å². The zero-order valence-corrected chi connectivity index (χ0v) is 12.7. The van der Waals surface area contributed by atoms with Crippen molar-refractivity contribution < 1.29 is 9.18 Å². The van der Waals surface area contributed by atoms with E-state index in [9.17, 15) is 9.18 Å². The van der Waals surface area contributed by atoms with E-state index in [-0.39, 0.29) is 24.2 Å². The van der Waals surface area contributed by atoms with E-state index >= 15 is 0 Å². The second-order valence-corrected chi connectivity index (χ2v) is 5.91. The maximum absolute atomic E-state index is 12.8. The Bertz CT molecular complexity index is 498. The van der Waals surface area contributed by atoms with Crippen LogP contribution in [0.1, 0.15) is 18.4 Å². The molecule has 2 rings (SSSR count). The van der Waals surface area contributed by atoms with Crippen molar-refractivity contribution in [2.45, 2.75) is 25.3 Å². The lowest BCUT2D eigenvalue weighted by Crippen LogP contribution is -2.46. The van der Waals surface area contributed by atoms with Gasteiger partial charge in [0.15, 0.2) is 0 Å². The molecule has 0 spiro atoms. The van der Waals surface area contributed by atoms with E-state index in [2.05, 4.69) is 10.2 Å². The lowest BCUT2D eigenvalue weighted by Gasteiger charge is -2.31. The van der Waals surface area contributed by atoms with Crippen LogP contribution in [0, 0.1) is 5.82 Å². The van der Waals surface area contributed by atoms with E-state index in [1.54, 1.807) is 12.1 Å². The van der Waals surface area contributed by atoms with Crippen molar-refractivity contribution in [2.75, 3.05) is 19.6 Å². The topological polar surface area (TPSA) is 58.4 Å². The highest BCUT2D eigenvalue weighted by Crippen LogP contribution is 2.10. The lowest BCUT2D eigenvalue weighted by molar-refractivity contribution is -0.121. The van der Waals surface area contributed by atoms with Crippen molar-refractivity contribution in [3.8, 4) is 0 Å². The molecular formula is C15H20FN3OS. The zero-order valence-electron chi connectivity index (χ0n) is 11.8. The minimum absolute atomic E-state index is 0.0191. The highest BCUT2D eigenvalue weighted by atomic mass is 32.1. The summed E-state index contributed by atoms with van der Waals surface area (Å²) in [5.74, 6) is -0.307. The lowest BCUT2D eigenvalue weighted by atomic mass is 10.0. The molecule has 0 aliphatic carbocycles. The summed E-state index contributed by atoms with van der Waals surface area (Å²) in [6, 6.07) is 6.22. The summed E-state index contributed by atoms with van der Waals surface area (Å²) in [6.07, 6.45) is 2.09. The fraction of sp³-hybridized carbons (Fsp3) is 0.467. The summed E-state index contributed by atoms with van der Waals surface area (Å²) in [7, 11) is 0. The van der Waals surface area contributed by atoms with Crippen LogP contribution in [0.3, 0.4) is 0 Å². The van der Waals surface area contributed by atoms with Gasteiger partial charge in [-0.3, -0.25) is 9.69 Å². The molecule has 1 fully saturated rings. The summed E-state index contributed by atoms with van der Waals surface area (Å²) in [5, 5.41) is 3.03. The maximum Gasteiger partial charge on any atom is 0.224 e. The van der Waals surface area contributed by atoms with E-state index in [4.69, 9.17) is 18.0 Å². The number of carbonyl (C=O) groups excluding carboxylic acids is 1. The predicted octanol–water partition coefficient (Wildman–Crippen LogP) is 1.23. The number of carbonyl (C=O) groups is 1. The number of benzene rings is 1. The van der Waals surface area contributed by atoms with E-state index in [0.717, 1.165) is 31.5 Å². The fourth-order valence-electron chi connectivity index (χ4n) is 2.52. The Labute approximate surface area is 129 Å². The number of halogens is 1. The number of hydrogen-bond donors (Lipinski definition) is 2. The third kappa shape index (κ3) is 5.40. The Hall–Kier alpha value is -1.53. The van der Waals surface area contributed by atoms with Gasteiger partial charge in [0.25, 0.3) is 0 Å². The first kappa shape index (κ1) is 15.9. The summed E-state index contributed by atoms with van der Waals surface area (Å²) < 4.78 is 12.8. The van der Waals surface area contributed by atoms with Gasteiger partial charge in [0.05, 0.1) is 11.4 Å². The highest BCUT2D eigenvalue weighted by molar-refractivity contribution is 7.80. The van der Waals surface area contributed by atoms with Crippen LogP contribution in [0.2, 0.25) is 0 Å². The van der Waals surface area contributed by atoms with Crippen LogP contribution in [0.5, 0.6) is 0 Å². The summed E-state index contributed by atoms with van der Waals surface area (Å²) in [4.78, 5) is 14.7. The third-order valence-corrected chi connectivity index (χ3v) is 3.74. The molecule has 1 heterocycles. The average Bonchev–Trinajstić information content (AvgIpc) is 2.43. The molecule has 0 bridgehead atoms. The minimum atomic E-state index is -0.288. The van der Waals surface area contributed by atoms with Crippen LogP contribution >= 0.6 is 12.2 Å². The monoisotopic (exact) mass is 309 g/mol. The van der Waals surface area contributed by atoms with Crippen LogP contribution in [-0.4, -0.2) is 41.5 Å². The molecule has 1 aliphatic heterocycles. The molecule has 6 heteroatoms. The molecule has 1 aromatic rings. The highest BCUT2D eigenvalue weighted by Gasteiger charge is 2.20. The predicted molar refractivity (Wildman–Crippen MR) is 84.5 cm³/mol. The third-order valence-electron chi connectivity index (χ3n) is 3.61. The van der Waals surface area contributed by atoms with Crippen LogP contribution < -0.4 is 11.1 Å². The molecule has 0 atom stereocenters. The Kier molecular flexibility index (Phi) is 5.64. The van der Waals surface area contributed by atoms with Gasteiger partial charge in [-0.2, -0.15) is 0 Å². The number of thiocarbonyl (C=S) groups is 1. The maximum atomic E-state index is 12.8. The number of rotatable bonds is 5. The Morgan fingerprint density at radius 1 is 1.33 bits per heavy atom.